The predicted molar refractivity (Wildman–Crippen MR) is 87.2 cm³/mol. The molecule has 0 aromatic heterocycles. The van der Waals surface area contributed by atoms with E-state index in [-0.39, 0.29) is 0 Å². The first-order valence-corrected chi connectivity index (χ1v) is 8.69. The minimum Gasteiger partial charge on any atom is -0.382 e. The molecule has 1 aliphatic heterocycles. The van der Waals surface area contributed by atoms with Crippen molar-refractivity contribution in [1.82, 2.24) is 10.2 Å². The molecule has 4 unspecified atom stereocenters. The topological polar surface area (TPSA) is 24.5 Å². The number of hydrogen-bond acceptors (Lipinski definition) is 3. The normalized spacial score (nSPS) is 27.4. The highest BCUT2D eigenvalue weighted by Crippen LogP contribution is 2.21. The Morgan fingerprint density at radius 2 is 1.85 bits per heavy atom. The molecule has 1 saturated heterocycles. The molecule has 1 rings (SSSR count). The molecular weight excluding hydrogens is 248 g/mol. The highest BCUT2D eigenvalue weighted by atomic mass is 16.5. The van der Waals surface area contributed by atoms with Gasteiger partial charge in [-0.2, -0.15) is 0 Å². The van der Waals surface area contributed by atoms with Gasteiger partial charge in [0.25, 0.3) is 0 Å². The zero-order valence-corrected chi connectivity index (χ0v) is 14.3. The molecule has 1 aliphatic rings. The minimum absolute atomic E-state index is 0.660. The van der Waals surface area contributed by atoms with E-state index in [0.717, 1.165) is 38.0 Å². The van der Waals surface area contributed by atoms with Crippen LogP contribution >= 0.6 is 0 Å². The van der Waals surface area contributed by atoms with Gasteiger partial charge in [0.2, 0.25) is 0 Å². The number of nitrogens with one attached hydrogen (secondary N) is 1. The van der Waals surface area contributed by atoms with Crippen LogP contribution in [0.4, 0.5) is 0 Å². The van der Waals surface area contributed by atoms with Crippen LogP contribution in [0.15, 0.2) is 0 Å². The molecule has 0 saturated carbocycles. The van der Waals surface area contributed by atoms with E-state index in [1.807, 2.05) is 0 Å². The maximum atomic E-state index is 5.50. The quantitative estimate of drug-likeness (QED) is 0.658. The Morgan fingerprint density at radius 3 is 2.45 bits per heavy atom. The third kappa shape index (κ3) is 5.34. The lowest BCUT2D eigenvalue weighted by molar-refractivity contribution is 0.0617. The molecule has 0 aliphatic carbocycles. The van der Waals surface area contributed by atoms with E-state index in [1.54, 1.807) is 0 Å². The zero-order chi connectivity index (χ0) is 15.0. The number of ether oxygens (including phenoxy) is 1. The van der Waals surface area contributed by atoms with Gasteiger partial charge in [-0.3, -0.25) is 4.90 Å². The summed E-state index contributed by atoms with van der Waals surface area (Å²) in [5.74, 6) is 1.54. The van der Waals surface area contributed by atoms with Crippen molar-refractivity contribution in [3.63, 3.8) is 0 Å². The van der Waals surface area contributed by atoms with E-state index in [9.17, 15) is 0 Å². The van der Waals surface area contributed by atoms with Crippen molar-refractivity contribution in [3.8, 4) is 0 Å². The molecule has 3 heteroatoms. The highest BCUT2D eigenvalue weighted by Gasteiger charge is 2.32. The minimum atomic E-state index is 0.660. The van der Waals surface area contributed by atoms with Crippen molar-refractivity contribution < 1.29 is 4.74 Å². The average Bonchev–Trinajstić information content (AvgIpc) is 2.49. The Bertz CT molecular complexity index is 247. The Labute approximate surface area is 126 Å². The summed E-state index contributed by atoms with van der Waals surface area (Å²) in [6.07, 6.45) is 3.69. The second-order valence-electron chi connectivity index (χ2n) is 6.40. The summed E-state index contributed by atoms with van der Waals surface area (Å²) in [5.41, 5.74) is 0. The van der Waals surface area contributed by atoms with Gasteiger partial charge >= 0.3 is 0 Å². The van der Waals surface area contributed by atoms with E-state index in [1.165, 1.54) is 25.9 Å². The monoisotopic (exact) mass is 284 g/mol. The molecule has 1 N–H and O–H groups in total. The fourth-order valence-electron chi connectivity index (χ4n) is 3.12. The van der Waals surface area contributed by atoms with Crippen LogP contribution in [-0.2, 0) is 4.74 Å². The van der Waals surface area contributed by atoms with E-state index >= 15 is 0 Å². The summed E-state index contributed by atoms with van der Waals surface area (Å²) in [6, 6.07) is 1.36. The van der Waals surface area contributed by atoms with Crippen LogP contribution in [0.5, 0.6) is 0 Å². The van der Waals surface area contributed by atoms with Crippen LogP contribution in [0.1, 0.15) is 53.9 Å². The molecule has 0 radical (unpaired) electrons. The molecule has 4 atom stereocenters. The molecular formula is C17H36N2O. The van der Waals surface area contributed by atoms with E-state index < -0.39 is 0 Å². The number of rotatable bonds is 9. The summed E-state index contributed by atoms with van der Waals surface area (Å²) in [7, 11) is 0. The lowest BCUT2D eigenvalue weighted by Gasteiger charge is -2.44. The Hall–Kier alpha value is -0.120. The molecule has 0 aromatic rings. The van der Waals surface area contributed by atoms with Crippen LogP contribution in [-0.4, -0.2) is 49.8 Å². The fourth-order valence-corrected chi connectivity index (χ4v) is 3.12. The van der Waals surface area contributed by atoms with E-state index in [4.69, 9.17) is 4.74 Å². The van der Waals surface area contributed by atoms with Crippen molar-refractivity contribution in [2.45, 2.75) is 66.0 Å². The number of nitrogens with zero attached hydrogens (tertiary/aromatic N) is 1. The second-order valence-corrected chi connectivity index (χ2v) is 6.40. The van der Waals surface area contributed by atoms with Crippen molar-refractivity contribution >= 4 is 0 Å². The van der Waals surface area contributed by atoms with Gasteiger partial charge in [0.05, 0.1) is 0 Å². The van der Waals surface area contributed by atoms with Crippen LogP contribution in [0.25, 0.3) is 0 Å². The maximum Gasteiger partial charge on any atom is 0.0478 e. The fraction of sp³-hybridized carbons (Fsp3) is 1.00. The summed E-state index contributed by atoms with van der Waals surface area (Å²) in [6.45, 7) is 16.7. The Kier molecular flexibility index (Phi) is 8.74. The molecule has 20 heavy (non-hydrogen) atoms. The van der Waals surface area contributed by atoms with Gasteiger partial charge in [0.15, 0.2) is 0 Å². The van der Waals surface area contributed by atoms with Gasteiger partial charge < -0.3 is 10.1 Å². The van der Waals surface area contributed by atoms with Crippen molar-refractivity contribution in [2.75, 3.05) is 32.8 Å². The molecule has 120 valence electrons. The maximum absolute atomic E-state index is 5.50. The largest absolute Gasteiger partial charge is 0.382 e. The van der Waals surface area contributed by atoms with Crippen LogP contribution in [0.2, 0.25) is 0 Å². The second kappa shape index (κ2) is 9.75. The summed E-state index contributed by atoms with van der Waals surface area (Å²) >= 11 is 0. The number of hydrogen-bond donors (Lipinski definition) is 1. The standard InChI is InChI=1S/C17H36N2O/c1-6-14(4)16-13-19(10-9-11-20-8-3)17(12-18-16)15(5)7-2/h14-18H,6-13H2,1-5H3. The third-order valence-electron chi connectivity index (χ3n) is 5.06. The molecule has 3 nitrogen and oxygen atoms in total. The first kappa shape index (κ1) is 17.9. The lowest BCUT2D eigenvalue weighted by Crippen LogP contribution is -2.60. The van der Waals surface area contributed by atoms with Crippen LogP contribution in [0.3, 0.4) is 0 Å². The summed E-state index contributed by atoms with van der Waals surface area (Å²) in [5, 5.41) is 3.79. The van der Waals surface area contributed by atoms with Crippen molar-refractivity contribution in [2.24, 2.45) is 11.8 Å². The van der Waals surface area contributed by atoms with Gasteiger partial charge in [0, 0.05) is 44.9 Å². The first-order chi connectivity index (χ1) is 9.63. The number of piperazine rings is 1. The molecule has 0 aromatic carbocycles. The van der Waals surface area contributed by atoms with Crippen molar-refractivity contribution in [3.05, 3.63) is 0 Å². The SMILES string of the molecule is CCOCCCN1CC(C(C)CC)NCC1C(C)CC. The Balaban J connectivity index is 2.53. The Morgan fingerprint density at radius 1 is 1.15 bits per heavy atom. The van der Waals surface area contributed by atoms with Crippen LogP contribution in [0, 0.1) is 11.8 Å². The predicted octanol–water partition coefficient (Wildman–Crippen LogP) is 3.15. The molecule has 0 amide bonds. The molecule has 1 fully saturated rings. The summed E-state index contributed by atoms with van der Waals surface area (Å²) in [4.78, 5) is 2.72. The van der Waals surface area contributed by atoms with Gasteiger partial charge in [-0.25, -0.2) is 0 Å². The highest BCUT2D eigenvalue weighted by molar-refractivity contribution is 4.90. The van der Waals surface area contributed by atoms with Gasteiger partial charge in [0.1, 0.15) is 0 Å². The van der Waals surface area contributed by atoms with Gasteiger partial charge in [-0.05, 0) is 25.2 Å². The van der Waals surface area contributed by atoms with Gasteiger partial charge in [-0.15, -0.1) is 0 Å². The molecule has 0 spiro atoms. The zero-order valence-electron chi connectivity index (χ0n) is 14.3. The van der Waals surface area contributed by atoms with Crippen LogP contribution < -0.4 is 5.32 Å². The van der Waals surface area contributed by atoms with E-state index in [2.05, 4.69) is 44.8 Å². The smallest absolute Gasteiger partial charge is 0.0478 e. The molecule has 1 heterocycles. The third-order valence-corrected chi connectivity index (χ3v) is 5.06. The van der Waals surface area contributed by atoms with Gasteiger partial charge in [-0.1, -0.05) is 40.5 Å². The van der Waals surface area contributed by atoms with E-state index in [0.29, 0.717) is 12.1 Å². The summed E-state index contributed by atoms with van der Waals surface area (Å²) < 4.78 is 5.50. The van der Waals surface area contributed by atoms with Crippen molar-refractivity contribution in [1.29, 1.82) is 0 Å². The lowest BCUT2D eigenvalue weighted by atomic mass is 9.90. The average molecular weight is 284 g/mol. The first-order valence-electron chi connectivity index (χ1n) is 8.69. The molecule has 0 bridgehead atoms.